The number of fused-ring (bicyclic) bond motifs is 1. The first-order chi connectivity index (χ1) is 9.28. The Kier molecular flexibility index (Phi) is 2.95. The molecule has 0 unspecified atom stereocenters. The fourth-order valence-electron chi connectivity index (χ4n) is 2.28. The molecule has 3 aromatic rings. The maximum Gasteiger partial charge on any atom is 0.138 e. The van der Waals surface area contributed by atoms with Crippen LogP contribution in [0.5, 0.6) is 0 Å². The number of nitrogens with zero attached hydrogens (tertiary/aromatic N) is 2. The Morgan fingerprint density at radius 3 is 2.47 bits per heavy atom. The van der Waals surface area contributed by atoms with E-state index in [1.54, 1.807) is 0 Å². The van der Waals surface area contributed by atoms with Crippen LogP contribution in [0.3, 0.4) is 0 Å². The maximum atomic E-state index is 6.14. The molecule has 3 heteroatoms. The van der Waals surface area contributed by atoms with E-state index in [-0.39, 0.29) is 0 Å². The average molecular weight is 251 g/mol. The third-order valence-electron chi connectivity index (χ3n) is 3.45. The lowest BCUT2D eigenvalue weighted by atomic mass is 10.1. The fraction of sp³-hybridized carbons (Fsp3) is 0.188. The van der Waals surface area contributed by atoms with E-state index in [0.29, 0.717) is 0 Å². The summed E-state index contributed by atoms with van der Waals surface area (Å²) in [6, 6.07) is 14.6. The molecule has 2 aromatic heterocycles. The number of hydrogen-bond acceptors (Lipinski definition) is 2. The molecule has 0 saturated heterocycles. The van der Waals surface area contributed by atoms with Crippen LogP contribution in [0.15, 0.2) is 48.7 Å². The summed E-state index contributed by atoms with van der Waals surface area (Å²) < 4.78 is 1.93. The lowest BCUT2D eigenvalue weighted by Gasteiger charge is -2.02. The number of hydrogen-bond donors (Lipinski definition) is 1. The van der Waals surface area contributed by atoms with Crippen LogP contribution >= 0.6 is 0 Å². The fourth-order valence-corrected chi connectivity index (χ4v) is 2.28. The summed E-state index contributed by atoms with van der Waals surface area (Å²) in [5.41, 5.74) is 10.6. The van der Waals surface area contributed by atoms with Gasteiger partial charge in [-0.2, -0.15) is 0 Å². The van der Waals surface area contributed by atoms with E-state index in [1.807, 2.05) is 28.8 Å². The maximum absolute atomic E-state index is 6.14. The summed E-state index contributed by atoms with van der Waals surface area (Å²) in [5, 5.41) is 0. The van der Waals surface area contributed by atoms with Gasteiger partial charge in [0.15, 0.2) is 0 Å². The van der Waals surface area contributed by atoms with Gasteiger partial charge in [-0.15, -0.1) is 0 Å². The van der Waals surface area contributed by atoms with Crippen molar-refractivity contribution < 1.29 is 0 Å². The van der Waals surface area contributed by atoms with Crippen LogP contribution < -0.4 is 5.73 Å². The van der Waals surface area contributed by atoms with Crippen molar-refractivity contribution in [1.82, 2.24) is 9.38 Å². The van der Waals surface area contributed by atoms with Crippen LogP contribution in [0.4, 0.5) is 5.82 Å². The van der Waals surface area contributed by atoms with Crippen LogP contribution in [-0.2, 0) is 12.8 Å². The van der Waals surface area contributed by atoms with Crippen LogP contribution in [0, 0.1) is 0 Å². The highest BCUT2D eigenvalue weighted by atomic mass is 15.1. The quantitative estimate of drug-likeness (QED) is 0.777. The topological polar surface area (TPSA) is 43.3 Å². The number of nitrogens with two attached hydrogens (primary N) is 1. The zero-order valence-electron chi connectivity index (χ0n) is 11.0. The predicted molar refractivity (Wildman–Crippen MR) is 78.2 cm³/mol. The third kappa shape index (κ3) is 2.19. The lowest BCUT2D eigenvalue weighted by molar-refractivity contribution is 1.09. The number of rotatable bonds is 3. The number of pyridine rings is 1. The first-order valence-electron chi connectivity index (χ1n) is 6.57. The average Bonchev–Trinajstić information content (AvgIpc) is 2.77. The third-order valence-corrected chi connectivity index (χ3v) is 3.45. The summed E-state index contributed by atoms with van der Waals surface area (Å²) in [6.45, 7) is 2.16. The normalized spacial score (nSPS) is 11.0. The molecule has 0 fully saturated rings. The molecule has 0 spiro atoms. The standard InChI is InChI=1S/C16H17N3/c1-2-12-6-8-13(9-7-12)11-14-16(17)19-10-4-3-5-15(19)18-14/h3-10H,2,11,17H2,1H3. The number of nitrogen functional groups attached to an aromatic ring is 1. The molecule has 0 aliphatic carbocycles. The molecule has 3 nitrogen and oxygen atoms in total. The molecule has 0 saturated carbocycles. The number of aryl methyl sites for hydroxylation is 1. The highest BCUT2D eigenvalue weighted by molar-refractivity contribution is 5.53. The predicted octanol–water partition coefficient (Wildman–Crippen LogP) is 3.07. The Morgan fingerprint density at radius 2 is 1.79 bits per heavy atom. The molecule has 1 aromatic carbocycles. The van der Waals surface area contributed by atoms with E-state index in [0.717, 1.165) is 30.0 Å². The van der Waals surface area contributed by atoms with Gasteiger partial charge in [0, 0.05) is 12.6 Å². The Balaban J connectivity index is 1.94. The molecular formula is C16H17N3. The summed E-state index contributed by atoms with van der Waals surface area (Å²) in [7, 11) is 0. The van der Waals surface area contributed by atoms with Gasteiger partial charge in [-0.25, -0.2) is 4.98 Å². The van der Waals surface area contributed by atoms with E-state index < -0.39 is 0 Å². The van der Waals surface area contributed by atoms with Crippen LogP contribution in [0.1, 0.15) is 23.7 Å². The highest BCUT2D eigenvalue weighted by Gasteiger charge is 2.08. The summed E-state index contributed by atoms with van der Waals surface area (Å²) >= 11 is 0. The van der Waals surface area contributed by atoms with Crippen molar-refractivity contribution in [2.75, 3.05) is 5.73 Å². The minimum Gasteiger partial charge on any atom is -0.383 e. The van der Waals surface area contributed by atoms with Crippen LogP contribution in [0.2, 0.25) is 0 Å². The molecule has 2 heterocycles. The largest absolute Gasteiger partial charge is 0.383 e. The zero-order valence-corrected chi connectivity index (χ0v) is 11.0. The van der Waals surface area contributed by atoms with Gasteiger partial charge in [-0.1, -0.05) is 37.3 Å². The molecule has 0 aliphatic heterocycles. The molecule has 3 rings (SSSR count). The second-order valence-corrected chi connectivity index (χ2v) is 4.72. The Morgan fingerprint density at radius 1 is 1.05 bits per heavy atom. The second-order valence-electron chi connectivity index (χ2n) is 4.72. The van der Waals surface area contributed by atoms with Crippen LogP contribution in [0.25, 0.3) is 5.65 Å². The Labute approximate surface area is 112 Å². The molecular weight excluding hydrogens is 234 g/mol. The summed E-state index contributed by atoms with van der Waals surface area (Å²) in [6.07, 6.45) is 3.79. The van der Waals surface area contributed by atoms with E-state index in [9.17, 15) is 0 Å². The second kappa shape index (κ2) is 4.76. The minimum atomic E-state index is 0.732. The molecule has 0 bridgehead atoms. The molecule has 19 heavy (non-hydrogen) atoms. The van der Waals surface area contributed by atoms with E-state index >= 15 is 0 Å². The van der Waals surface area contributed by atoms with Crippen molar-refractivity contribution in [2.24, 2.45) is 0 Å². The van der Waals surface area contributed by atoms with Crippen molar-refractivity contribution in [1.29, 1.82) is 0 Å². The highest BCUT2D eigenvalue weighted by Crippen LogP contribution is 2.18. The van der Waals surface area contributed by atoms with Gasteiger partial charge >= 0.3 is 0 Å². The summed E-state index contributed by atoms with van der Waals surface area (Å²) in [5.74, 6) is 0.732. The monoisotopic (exact) mass is 251 g/mol. The molecule has 0 amide bonds. The molecule has 0 atom stereocenters. The lowest BCUT2D eigenvalue weighted by Crippen LogP contribution is -1.97. The Hall–Kier alpha value is -2.29. The smallest absolute Gasteiger partial charge is 0.138 e. The van der Waals surface area contributed by atoms with E-state index in [1.165, 1.54) is 11.1 Å². The van der Waals surface area contributed by atoms with E-state index in [4.69, 9.17) is 5.73 Å². The molecule has 2 N–H and O–H groups in total. The van der Waals surface area contributed by atoms with Crippen molar-refractivity contribution in [2.45, 2.75) is 19.8 Å². The van der Waals surface area contributed by atoms with E-state index in [2.05, 4.69) is 36.2 Å². The van der Waals surface area contributed by atoms with Crippen molar-refractivity contribution in [3.05, 3.63) is 65.5 Å². The van der Waals surface area contributed by atoms with Gasteiger partial charge < -0.3 is 5.73 Å². The first kappa shape index (κ1) is 11.8. The molecule has 0 aliphatic rings. The van der Waals surface area contributed by atoms with Gasteiger partial charge in [0.1, 0.15) is 11.5 Å². The number of benzene rings is 1. The number of aromatic nitrogens is 2. The van der Waals surface area contributed by atoms with Crippen LogP contribution in [-0.4, -0.2) is 9.38 Å². The van der Waals surface area contributed by atoms with Gasteiger partial charge in [-0.3, -0.25) is 4.40 Å². The summed E-state index contributed by atoms with van der Waals surface area (Å²) in [4.78, 5) is 4.59. The minimum absolute atomic E-state index is 0.732. The van der Waals surface area contributed by atoms with Gasteiger partial charge in [-0.05, 0) is 29.7 Å². The number of imidazole rings is 1. The van der Waals surface area contributed by atoms with Gasteiger partial charge in [0.05, 0.1) is 5.69 Å². The zero-order chi connectivity index (χ0) is 13.2. The van der Waals surface area contributed by atoms with Crippen molar-refractivity contribution in [3.8, 4) is 0 Å². The van der Waals surface area contributed by atoms with Crippen molar-refractivity contribution >= 4 is 11.5 Å². The molecule has 0 radical (unpaired) electrons. The first-order valence-corrected chi connectivity index (χ1v) is 6.57. The number of anilines is 1. The Bertz CT molecular complexity index is 696. The van der Waals surface area contributed by atoms with Crippen molar-refractivity contribution in [3.63, 3.8) is 0 Å². The van der Waals surface area contributed by atoms with Gasteiger partial charge in [0.2, 0.25) is 0 Å². The molecule has 96 valence electrons. The SMILES string of the molecule is CCc1ccc(Cc2nc3ccccn3c2N)cc1. The van der Waals surface area contributed by atoms with Gasteiger partial charge in [0.25, 0.3) is 0 Å².